The van der Waals surface area contributed by atoms with Gasteiger partial charge in [-0.05, 0) is 56.4 Å². The van der Waals surface area contributed by atoms with Crippen LogP contribution >= 0.6 is 0 Å². The molecular weight excluding hydrogens is 354 g/mol. The lowest BCUT2D eigenvalue weighted by molar-refractivity contribution is 0.0949. The number of nitrogens with zero attached hydrogens (tertiary/aromatic N) is 1. The second-order valence-electron chi connectivity index (χ2n) is 6.74. The number of nitrogens with one attached hydrogen (secondary N) is 2. The van der Waals surface area contributed by atoms with Gasteiger partial charge in [0.15, 0.2) is 11.5 Å². The number of rotatable bonds is 8. The maximum absolute atomic E-state index is 12.4. The highest BCUT2D eigenvalue weighted by atomic mass is 16.5. The van der Waals surface area contributed by atoms with Crippen LogP contribution in [0.1, 0.15) is 42.6 Å². The fraction of sp³-hybridized carbons (Fsp3) is 0.364. The third kappa shape index (κ3) is 5.25. The van der Waals surface area contributed by atoms with Gasteiger partial charge in [-0.2, -0.15) is 0 Å². The minimum Gasteiger partial charge on any atom is -0.493 e. The van der Waals surface area contributed by atoms with E-state index in [4.69, 9.17) is 9.47 Å². The van der Waals surface area contributed by atoms with E-state index >= 15 is 0 Å². The van der Waals surface area contributed by atoms with Crippen LogP contribution in [0.3, 0.4) is 0 Å². The van der Waals surface area contributed by atoms with Crippen LogP contribution < -0.4 is 20.1 Å². The molecule has 1 aliphatic carbocycles. The molecule has 0 saturated heterocycles. The molecule has 6 heteroatoms. The molecule has 1 heterocycles. The van der Waals surface area contributed by atoms with Crippen molar-refractivity contribution in [3.63, 3.8) is 0 Å². The molecule has 0 spiro atoms. The molecule has 0 unspecified atom stereocenters. The van der Waals surface area contributed by atoms with Crippen LogP contribution in [0.5, 0.6) is 11.5 Å². The van der Waals surface area contributed by atoms with E-state index in [0.29, 0.717) is 23.7 Å². The van der Waals surface area contributed by atoms with Crippen LogP contribution in [-0.2, 0) is 0 Å². The second kappa shape index (κ2) is 9.78. The van der Waals surface area contributed by atoms with Gasteiger partial charge < -0.3 is 20.1 Å². The smallest absolute Gasteiger partial charge is 0.269 e. The summed E-state index contributed by atoms with van der Waals surface area (Å²) in [6, 6.07) is 9.12. The molecular formula is C22H27N3O3. The Morgan fingerprint density at radius 1 is 1.07 bits per heavy atom. The van der Waals surface area contributed by atoms with Crippen LogP contribution in [0.25, 0.3) is 0 Å². The number of carbonyl (C=O) groups excluding carboxylic acids is 1. The van der Waals surface area contributed by atoms with Gasteiger partial charge in [0.05, 0.1) is 14.2 Å². The Kier molecular flexibility index (Phi) is 6.89. The Hall–Kier alpha value is -3.02. The Morgan fingerprint density at radius 2 is 1.89 bits per heavy atom. The minimum absolute atomic E-state index is 0.160. The largest absolute Gasteiger partial charge is 0.493 e. The predicted octanol–water partition coefficient (Wildman–Crippen LogP) is 4.46. The number of benzene rings is 1. The molecule has 148 valence electrons. The van der Waals surface area contributed by atoms with E-state index in [1.54, 1.807) is 26.5 Å². The summed E-state index contributed by atoms with van der Waals surface area (Å²) in [7, 11) is 3.20. The summed E-state index contributed by atoms with van der Waals surface area (Å²) in [5.41, 5.74) is 3.45. The maximum Gasteiger partial charge on any atom is 0.269 e. The van der Waals surface area contributed by atoms with Crippen molar-refractivity contribution < 1.29 is 14.3 Å². The van der Waals surface area contributed by atoms with Gasteiger partial charge in [-0.1, -0.05) is 11.6 Å². The molecule has 1 aliphatic rings. The average Bonchev–Trinajstić information content (AvgIpc) is 2.74. The first-order chi connectivity index (χ1) is 13.7. The van der Waals surface area contributed by atoms with Crippen molar-refractivity contribution in [2.75, 3.05) is 26.1 Å². The second-order valence-corrected chi connectivity index (χ2v) is 6.74. The Labute approximate surface area is 166 Å². The fourth-order valence-corrected chi connectivity index (χ4v) is 3.27. The molecule has 0 bridgehead atoms. The lowest BCUT2D eigenvalue weighted by Gasteiger charge is -2.13. The van der Waals surface area contributed by atoms with E-state index in [-0.39, 0.29) is 5.91 Å². The Bertz CT molecular complexity index is 849. The topological polar surface area (TPSA) is 72.5 Å². The van der Waals surface area contributed by atoms with Gasteiger partial charge in [-0.25, -0.2) is 0 Å². The molecule has 2 N–H and O–H groups in total. The fourth-order valence-electron chi connectivity index (χ4n) is 3.27. The van der Waals surface area contributed by atoms with Crippen LogP contribution in [0.15, 0.2) is 48.2 Å². The number of hydrogen-bond acceptors (Lipinski definition) is 5. The standard InChI is InChI=1S/C22H27N3O3/c1-27-20-9-8-17(15-21(20)28-2)25-18-11-13-23-19(14-18)22(26)24-12-10-16-6-4-3-5-7-16/h6,8-9,11,13-15H,3-5,7,10,12H2,1-2H3,(H,23,25)(H,24,26). The van der Waals surface area contributed by atoms with Gasteiger partial charge in [0, 0.05) is 30.2 Å². The molecule has 0 fully saturated rings. The molecule has 2 aromatic rings. The molecule has 0 aliphatic heterocycles. The third-order valence-electron chi connectivity index (χ3n) is 4.78. The zero-order valence-corrected chi connectivity index (χ0v) is 16.5. The number of allylic oxidation sites excluding steroid dienone is 1. The molecule has 3 rings (SSSR count). The van der Waals surface area contributed by atoms with Gasteiger partial charge in [0.2, 0.25) is 0 Å². The van der Waals surface area contributed by atoms with E-state index < -0.39 is 0 Å². The molecule has 28 heavy (non-hydrogen) atoms. The SMILES string of the molecule is COc1ccc(Nc2ccnc(C(=O)NCCC3=CCCCC3)c2)cc1OC. The molecule has 0 saturated carbocycles. The first-order valence-corrected chi connectivity index (χ1v) is 9.61. The highest BCUT2D eigenvalue weighted by Crippen LogP contribution is 2.31. The summed E-state index contributed by atoms with van der Waals surface area (Å²) in [6.07, 6.45) is 9.69. The predicted molar refractivity (Wildman–Crippen MR) is 111 cm³/mol. The lowest BCUT2D eigenvalue weighted by atomic mass is 9.97. The Morgan fingerprint density at radius 3 is 2.64 bits per heavy atom. The van der Waals surface area contributed by atoms with Gasteiger partial charge in [-0.3, -0.25) is 9.78 Å². The van der Waals surface area contributed by atoms with Crippen LogP contribution in [0, 0.1) is 0 Å². The molecule has 6 nitrogen and oxygen atoms in total. The number of pyridine rings is 1. The molecule has 1 amide bonds. The van der Waals surface area contributed by atoms with Crippen molar-refractivity contribution in [3.8, 4) is 11.5 Å². The molecule has 1 aromatic carbocycles. The van der Waals surface area contributed by atoms with Crippen LogP contribution in [0.4, 0.5) is 11.4 Å². The lowest BCUT2D eigenvalue weighted by Crippen LogP contribution is -2.25. The number of carbonyl (C=O) groups is 1. The molecule has 1 aromatic heterocycles. The quantitative estimate of drug-likeness (QED) is 0.661. The summed E-state index contributed by atoms with van der Waals surface area (Å²) >= 11 is 0. The molecule has 0 radical (unpaired) electrons. The highest BCUT2D eigenvalue weighted by molar-refractivity contribution is 5.93. The monoisotopic (exact) mass is 381 g/mol. The first kappa shape index (κ1) is 19.7. The number of aromatic nitrogens is 1. The summed E-state index contributed by atoms with van der Waals surface area (Å²) < 4.78 is 10.6. The third-order valence-corrected chi connectivity index (χ3v) is 4.78. The summed E-state index contributed by atoms with van der Waals surface area (Å²) in [4.78, 5) is 16.6. The van der Waals surface area contributed by atoms with Crippen molar-refractivity contribution >= 4 is 17.3 Å². The van der Waals surface area contributed by atoms with Crippen molar-refractivity contribution in [2.24, 2.45) is 0 Å². The highest BCUT2D eigenvalue weighted by Gasteiger charge is 2.10. The minimum atomic E-state index is -0.160. The van der Waals surface area contributed by atoms with E-state index in [1.165, 1.54) is 18.4 Å². The van der Waals surface area contributed by atoms with Crippen molar-refractivity contribution in [3.05, 3.63) is 53.9 Å². The number of amides is 1. The average molecular weight is 381 g/mol. The molecule has 0 atom stereocenters. The zero-order valence-electron chi connectivity index (χ0n) is 16.5. The number of anilines is 2. The summed E-state index contributed by atoms with van der Waals surface area (Å²) in [5.74, 6) is 1.14. The maximum atomic E-state index is 12.4. The van der Waals surface area contributed by atoms with Gasteiger partial charge in [0.1, 0.15) is 5.69 Å². The van der Waals surface area contributed by atoms with E-state index in [2.05, 4.69) is 21.7 Å². The van der Waals surface area contributed by atoms with E-state index in [9.17, 15) is 4.79 Å². The van der Waals surface area contributed by atoms with Gasteiger partial charge in [-0.15, -0.1) is 0 Å². The summed E-state index contributed by atoms with van der Waals surface area (Å²) in [6.45, 7) is 0.639. The normalized spacial score (nSPS) is 13.4. The van der Waals surface area contributed by atoms with Gasteiger partial charge in [0.25, 0.3) is 5.91 Å². The van der Waals surface area contributed by atoms with Crippen molar-refractivity contribution in [1.29, 1.82) is 0 Å². The Balaban J connectivity index is 1.60. The van der Waals surface area contributed by atoms with Crippen molar-refractivity contribution in [1.82, 2.24) is 10.3 Å². The first-order valence-electron chi connectivity index (χ1n) is 9.61. The number of hydrogen-bond donors (Lipinski definition) is 2. The van der Waals surface area contributed by atoms with Crippen LogP contribution in [0.2, 0.25) is 0 Å². The summed E-state index contributed by atoms with van der Waals surface area (Å²) in [5, 5.41) is 6.23. The van der Waals surface area contributed by atoms with E-state index in [1.807, 2.05) is 24.3 Å². The van der Waals surface area contributed by atoms with Crippen molar-refractivity contribution in [2.45, 2.75) is 32.1 Å². The van der Waals surface area contributed by atoms with E-state index in [0.717, 1.165) is 30.6 Å². The van der Waals surface area contributed by atoms with Crippen LogP contribution in [-0.4, -0.2) is 31.7 Å². The van der Waals surface area contributed by atoms with Gasteiger partial charge >= 0.3 is 0 Å². The zero-order chi connectivity index (χ0) is 19.8. The number of methoxy groups -OCH3 is 2. The number of ether oxygens (including phenoxy) is 2.